The van der Waals surface area contributed by atoms with E-state index in [-0.39, 0.29) is 5.91 Å². The van der Waals surface area contributed by atoms with Crippen molar-refractivity contribution in [2.75, 3.05) is 51.7 Å². The third-order valence-corrected chi connectivity index (χ3v) is 4.43. The molecule has 7 heteroatoms. The van der Waals surface area contributed by atoms with Crippen LogP contribution in [0.25, 0.3) is 0 Å². The monoisotopic (exact) mass is 311 g/mol. The van der Waals surface area contributed by atoms with Gasteiger partial charge in [-0.1, -0.05) is 6.92 Å². The van der Waals surface area contributed by atoms with Crippen molar-refractivity contribution in [2.24, 2.45) is 0 Å². The highest BCUT2D eigenvalue weighted by molar-refractivity contribution is 7.14. The van der Waals surface area contributed by atoms with Gasteiger partial charge in [-0.15, -0.1) is 11.3 Å². The van der Waals surface area contributed by atoms with Gasteiger partial charge in [-0.25, -0.2) is 4.79 Å². The van der Waals surface area contributed by atoms with Crippen molar-refractivity contribution in [3.63, 3.8) is 0 Å². The molecule has 0 unspecified atom stereocenters. The lowest BCUT2D eigenvalue weighted by Gasteiger charge is -2.33. The maximum Gasteiger partial charge on any atom is 0.340 e. The number of likely N-dealkylation sites (N-methyl/N-ethyl adjacent to an activating group) is 1. The summed E-state index contributed by atoms with van der Waals surface area (Å²) < 4.78 is 4.69. The van der Waals surface area contributed by atoms with E-state index in [2.05, 4.69) is 22.0 Å². The molecule has 1 saturated heterocycles. The van der Waals surface area contributed by atoms with Crippen molar-refractivity contribution in [1.29, 1.82) is 0 Å². The Bertz CT molecular complexity index is 495. The molecule has 0 aliphatic carbocycles. The third kappa shape index (κ3) is 4.26. The SMILES string of the molecule is CCN1CCN(CC(=O)Nc2sccc2C(=O)OC)CC1. The molecule has 1 aromatic heterocycles. The number of carbonyl (C=O) groups is 2. The molecule has 1 amide bonds. The van der Waals surface area contributed by atoms with Crippen molar-refractivity contribution < 1.29 is 14.3 Å². The molecule has 0 spiro atoms. The second-order valence-electron chi connectivity index (χ2n) is 4.91. The van der Waals surface area contributed by atoms with Gasteiger partial charge < -0.3 is 15.0 Å². The number of rotatable bonds is 5. The first kappa shape index (κ1) is 15.9. The highest BCUT2D eigenvalue weighted by Crippen LogP contribution is 2.23. The zero-order valence-electron chi connectivity index (χ0n) is 12.4. The summed E-state index contributed by atoms with van der Waals surface area (Å²) in [6, 6.07) is 1.66. The first-order chi connectivity index (χ1) is 10.1. The van der Waals surface area contributed by atoms with E-state index in [0.717, 1.165) is 32.7 Å². The number of nitrogens with one attached hydrogen (secondary N) is 1. The van der Waals surface area contributed by atoms with Gasteiger partial charge in [0.25, 0.3) is 0 Å². The number of ether oxygens (including phenoxy) is 1. The Morgan fingerprint density at radius 2 is 1.95 bits per heavy atom. The zero-order valence-corrected chi connectivity index (χ0v) is 13.2. The Morgan fingerprint density at radius 3 is 2.57 bits per heavy atom. The number of hydrogen-bond acceptors (Lipinski definition) is 6. The van der Waals surface area contributed by atoms with Gasteiger partial charge in [0.1, 0.15) is 5.00 Å². The van der Waals surface area contributed by atoms with Crippen molar-refractivity contribution in [3.8, 4) is 0 Å². The van der Waals surface area contributed by atoms with Crippen LogP contribution in [-0.4, -0.2) is 68.1 Å². The van der Waals surface area contributed by atoms with Gasteiger partial charge in [0, 0.05) is 26.2 Å². The second-order valence-corrected chi connectivity index (χ2v) is 5.83. The first-order valence-electron chi connectivity index (χ1n) is 7.04. The molecule has 2 rings (SSSR count). The normalized spacial score (nSPS) is 16.7. The molecule has 6 nitrogen and oxygen atoms in total. The highest BCUT2D eigenvalue weighted by Gasteiger charge is 2.20. The van der Waals surface area contributed by atoms with Crippen LogP contribution in [-0.2, 0) is 9.53 Å². The zero-order chi connectivity index (χ0) is 15.2. The van der Waals surface area contributed by atoms with Crippen molar-refractivity contribution in [2.45, 2.75) is 6.92 Å². The Labute approximate surface area is 128 Å². The maximum atomic E-state index is 12.1. The summed E-state index contributed by atoms with van der Waals surface area (Å²) in [4.78, 5) is 28.1. The van der Waals surface area contributed by atoms with Crippen LogP contribution in [0.15, 0.2) is 11.4 Å². The Morgan fingerprint density at radius 1 is 1.29 bits per heavy atom. The fraction of sp³-hybridized carbons (Fsp3) is 0.571. The number of anilines is 1. The fourth-order valence-corrected chi connectivity index (χ4v) is 3.10. The molecule has 1 aliphatic heterocycles. The lowest BCUT2D eigenvalue weighted by Crippen LogP contribution is -2.48. The largest absolute Gasteiger partial charge is 0.465 e. The van der Waals surface area contributed by atoms with Gasteiger partial charge in [-0.05, 0) is 18.0 Å². The molecule has 1 N–H and O–H groups in total. The van der Waals surface area contributed by atoms with Crippen molar-refractivity contribution >= 4 is 28.2 Å². The quantitative estimate of drug-likeness (QED) is 0.826. The van der Waals surface area contributed by atoms with E-state index in [1.165, 1.54) is 18.4 Å². The van der Waals surface area contributed by atoms with Crippen LogP contribution in [0.2, 0.25) is 0 Å². The molecule has 1 aromatic rings. The standard InChI is InChI=1S/C14H21N3O3S/c1-3-16-5-7-17(8-6-16)10-12(18)15-13-11(4-9-21-13)14(19)20-2/h4,9H,3,5-8,10H2,1-2H3,(H,15,18). The topological polar surface area (TPSA) is 61.9 Å². The molecule has 0 aromatic carbocycles. The minimum absolute atomic E-state index is 0.0902. The summed E-state index contributed by atoms with van der Waals surface area (Å²) in [7, 11) is 1.33. The molecular weight excluding hydrogens is 290 g/mol. The van der Waals surface area contributed by atoms with Crippen LogP contribution in [0.5, 0.6) is 0 Å². The number of nitrogens with zero attached hydrogens (tertiary/aromatic N) is 2. The van der Waals surface area contributed by atoms with E-state index in [4.69, 9.17) is 4.74 Å². The van der Waals surface area contributed by atoms with E-state index in [1.54, 1.807) is 11.4 Å². The number of esters is 1. The van der Waals surface area contributed by atoms with Gasteiger partial charge >= 0.3 is 5.97 Å². The predicted molar refractivity (Wildman–Crippen MR) is 82.8 cm³/mol. The smallest absolute Gasteiger partial charge is 0.340 e. The first-order valence-corrected chi connectivity index (χ1v) is 7.92. The molecule has 0 bridgehead atoms. The Hall–Kier alpha value is -1.44. The summed E-state index contributed by atoms with van der Waals surface area (Å²) in [5.74, 6) is -0.518. The summed E-state index contributed by atoms with van der Waals surface area (Å²) >= 11 is 1.33. The van der Waals surface area contributed by atoms with Crippen molar-refractivity contribution in [1.82, 2.24) is 9.80 Å². The summed E-state index contributed by atoms with van der Waals surface area (Å²) in [6.45, 7) is 7.35. The van der Waals surface area contributed by atoms with Gasteiger partial charge in [0.2, 0.25) is 5.91 Å². The lowest BCUT2D eigenvalue weighted by molar-refractivity contribution is -0.117. The number of piperazine rings is 1. The fourth-order valence-electron chi connectivity index (χ4n) is 2.31. The number of carbonyl (C=O) groups excluding carboxylic acids is 2. The molecule has 0 atom stereocenters. The van der Waals surface area contributed by atoms with Crippen LogP contribution in [0.1, 0.15) is 17.3 Å². The van der Waals surface area contributed by atoms with Crippen LogP contribution < -0.4 is 5.32 Å². The van der Waals surface area contributed by atoms with E-state index < -0.39 is 5.97 Å². The summed E-state index contributed by atoms with van der Waals surface area (Å²) in [6.07, 6.45) is 0. The minimum Gasteiger partial charge on any atom is -0.465 e. The predicted octanol–water partition coefficient (Wildman–Crippen LogP) is 1.11. The molecule has 21 heavy (non-hydrogen) atoms. The molecular formula is C14H21N3O3S. The van der Waals surface area contributed by atoms with E-state index in [9.17, 15) is 9.59 Å². The van der Waals surface area contributed by atoms with Crippen molar-refractivity contribution in [3.05, 3.63) is 17.0 Å². The lowest BCUT2D eigenvalue weighted by atomic mass is 10.3. The molecule has 2 heterocycles. The van der Waals surface area contributed by atoms with Crippen LogP contribution in [0, 0.1) is 0 Å². The second kappa shape index (κ2) is 7.53. The molecule has 0 radical (unpaired) electrons. The third-order valence-electron chi connectivity index (χ3n) is 3.60. The Balaban J connectivity index is 1.85. The number of thiophene rings is 1. The number of hydrogen-bond donors (Lipinski definition) is 1. The van der Waals surface area contributed by atoms with Crippen LogP contribution in [0.3, 0.4) is 0 Å². The van der Waals surface area contributed by atoms with Gasteiger partial charge in [0.15, 0.2) is 0 Å². The van der Waals surface area contributed by atoms with Gasteiger partial charge in [0.05, 0.1) is 19.2 Å². The van der Waals surface area contributed by atoms with Gasteiger partial charge in [-0.3, -0.25) is 9.69 Å². The average Bonchev–Trinajstić information content (AvgIpc) is 2.95. The summed E-state index contributed by atoms with van der Waals surface area (Å²) in [5.41, 5.74) is 0.409. The molecule has 116 valence electrons. The number of amides is 1. The number of methoxy groups -OCH3 is 1. The average molecular weight is 311 g/mol. The molecule has 0 saturated carbocycles. The molecule has 1 aliphatic rings. The minimum atomic E-state index is -0.428. The maximum absolute atomic E-state index is 12.1. The van der Waals surface area contributed by atoms with Gasteiger partial charge in [-0.2, -0.15) is 0 Å². The van der Waals surface area contributed by atoms with E-state index >= 15 is 0 Å². The Kier molecular flexibility index (Phi) is 5.72. The molecule has 1 fully saturated rings. The summed E-state index contributed by atoms with van der Waals surface area (Å²) in [5, 5.41) is 5.12. The van der Waals surface area contributed by atoms with Crippen LogP contribution >= 0.6 is 11.3 Å². The van der Waals surface area contributed by atoms with E-state index in [1.807, 2.05) is 0 Å². The van der Waals surface area contributed by atoms with Crippen LogP contribution in [0.4, 0.5) is 5.00 Å². The highest BCUT2D eigenvalue weighted by atomic mass is 32.1. The van der Waals surface area contributed by atoms with E-state index in [0.29, 0.717) is 17.1 Å².